The Bertz CT molecular complexity index is 1150. The quantitative estimate of drug-likeness (QED) is 0.485. The lowest BCUT2D eigenvalue weighted by Gasteiger charge is -2.30. The minimum atomic E-state index is -3.62. The second-order valence-corrected chi connectivity index (χ2v) is 11.5. The monoisotopic (exact) mass is 517 g/mol. The lowest BCUT2D eigenvalue weighted by atomic mass is 10.1. The van der Waals surface area contributed by atoms with Crippen LogP contribution in [-0.4, -0.2) is 50.0 Å². The zero-order valence-electron chi connectivity index (χ0n) is 21.2. The van der Waals surface area contributed by atoms with Crippen LogP contribution in [0.15, 0.2) is 48.5 Å². The molecule has 0 saturated heterocycles. The molecular weight excluding hydrogens is 481 g/mol. The summed E-state index contributed by atoms with van der Waals surface area (Å²) in [6, 6.07) is 12.5. The molecule has 196 valence electrons. The lowest BCUT2D eigenvalue weighted by molar-refractivity contribution is -0.141. The standard InChI is InChI=1S/C27H36FN3O4S/c1-20-8-6-9-22(18-20)19-30(21(2)27(33)29-24-10-4-5-11-24)26(32)12-7-17-31(36(3,34)35)25-15-13-23(28)14-16-25/h6,8-9,13-16,18,21,24H,4-5,7,10-12,17,19H2,1-3H3,(H,29,33). The zero-order valence-corrected chi connectivity index (χ0v) is 22.1. The number of sulfonamides is 1. The molecule has 1 atom stereocenters. The fourth-order valence-electron chi connectivity index (χ4n) is 4.59. The molecule has 7 nitrogen and oxygen atoms in total. The van der Waals surface area contributed by atoms with Crippen molar-refractivity contribution in [2.24, 2.45) is 0 Å². The van der Waals surface area contributed by atoms with Crippen LogP contribution in [0.5, 0.6) is 0 Å². The highest BCUT2D eigenvalue weighted by Gasteiger charge is 2.28. The second-order valence-electron chi connectivity index (χ2n) is 9.59. The predicted molar refractivity (Wildman–Crippen MR) is 139 cm³/mol. The van der Waals surface area contributed by atoms with Crippen LogP contribution in [0.25, 0.3) is 0 Å². The Labute approximate surface area is 213 Å². The van der Waals surface area contributed by atoms with Crippen molar-refractivity contribution in [3.63, 3.8) is 0 Å². The van der Waals surface area contributed by atoms with Gasteiger partial charge in [-0.05, 0) is 62.9 Å². The molecule has 3 rings (SSSR count). The molecule has 1 aliphatic carbocycles. The molecule has 1 aliphatic rings. The lowest BCUT2D eigenvalue weighted by Crippen LogP contribution is -2.49. The molecule has 0 spiro atoms. The van der Waals surface area contributed by atoms with Crippen LogP contribution in [0, 0.1) is 12.7 Å². The molecule has 2 aromatic rings. The van der Waals surface area contributed by atoms with Crippen LogP contribution in [0.4, 0.5) is 10.1 Å². The summed E-state index contributed by atoms with van der Waals surface area (Å²) < 4.78 is 39.2. The molecule has 1 unspecified atom stereocenters. The Kier molecular flexibility index (Phi) is 9.48. The first-order valence-electron chi connectivity index (χ1n) is 12.4. The van der Waals surface area contributed by atoms with Crippen molar-refractivity contribution < 1.29 is 22.4 Å². The summed E-state index contributed by atoms with van der Waals surface area (Å²) in [5.41, 5.74) is 2.33. The topological polar surface area (TPSA) is 86.8 Å². The minimum Gasteiger partial charge on any atom is -0.352 e. The number of halogens is 1. The first-order chi connectivity index (χ1) is 17.0. The Morgan fingerprint density at radius 1 is 1.11 bits per heavy atom. The van der Waals surface area contributed by atoms with Crippen molar-refractivity contribution in [1.82, 2.24) is 10.2 Å². The summed E-state index contributed by atoms with van der Waals surface area (Å²) in [6.45, 7) is 4.06. The number of rotatable bonds is 11. The van der Waals surface area contributed by atoms with E-state index < -0.39 is 21.9 Å². The Morgan fingerprint density at radius 3 is 2.39 bits per heavy atom. The van der Waals surface area contributed by atoms with Crippen molar-refractivity contribution in [1.29, 1.82) is 0 Å². The van der Waals surface area contributed by atoms with E-state index in [-0.39, 0.29) is 43.8 Å². The fourth-order valence-corrected chi connectivity index (χ4v) is 5.56. The van der Waals surface area contributed by atoms with E-state index >= 15 is 0 Å². The van der Waals surface area contributed by atoms with Gasteiger partial charge in [0.25, 0.3) is 0 Å². The van der Waals surface area contributed by atoms with Crippen molar-refractivity contribution in [2.45, 2.75) is 71.0 Å². The molecule has 0 bridgehead atoms. The average Bonchev–Trinajstić information content (AvgIpc) is 3.33. The molecule has 1 saturated carbocycles. The minimum absolute atomic E-state index is 0.0666. The average molecular weight is 518 g/mol. The first kappa shape index (κ1) is 27.6. The number of benzene rings is 2. The van der Waals surface area contributed by atoms with Crippen LogP contribution in [0.2, 0.25) is 0 Å². The molecular formula is C27H36FN3O4S. The summed E-state index contributed by atoms with van der Waals surface area (Å²) in [7, 11) is -3.62. The molecule has 36 heavy (non-hydrogen) atoms. The molecule has 0 aromatic heterocycles. The third-order valence-electron chi connectivity index (χ3n) is 6.57. The highest BCUT2D eigenvalue weighted by Crippen LogP contribution is 2.21. The van der Waals surface area contributed by atoms with Crippen molar-refractivity contribution in [3.05, 3.63) is 65.5 Å². The van der Waals surface area contributed by atoms with Gasteiger partial charge in [-0.25, -0.2) is 12.8 Å². The van der Waals surface area contributed by atoms with Gasteiger partial charge in [-0.3, -0.25) is 13.9 Å². The van der Waals surface area contributed by atoms with Gasteiger partial charge in [0.15, 0.2) is 0 Å². The molecule has 2 amide bonds. The predicted octanol–water partition coefficient (Wildman–Crippen LogP) is 4.16. The number of aryl methyl sites for hydroxylation is 1. The number of amides is 2. The van der Waals surface area contributed by atoms with E-state index in [1.807, 2.05) is 31.2 Å². The summed E-state index contributed by atoms with van der Waals surface area (Å²) in [6.07, 6.45) is 5.50. The van der Waals surface area contributed by atoms with E-state index in [9.17, 15) is 22.4 Å². The second kappa shape index (κ2) is 12.3. The molecule has 9 heteroatoms. The van der Waals surface area contributed by atoms with E-state index in [1.54, 1.807) is 11.8 Å². The van der Waals surface area contributed by atoms with Gasteiger partial charge in [-0.2, -0.15) is 0 Å². The maximum Gasteiger partial charge on any atom is 0.242 e. The Hall–Kier alpha value is -2.94. The Balaban J connectivity index is 1.71. The van der Waals surface area contributed by atoms with Gasteiger partial charge in [-0.1, -0.05) is 42.7 Å². The van der Waals surface area contributed by atoms with Crippen LogP contribution >= 0.6 is 0 Å². The molecule has 1 N–H and O–H groups in total. The van der Waals surface area contributed by atoms with Crippen molar-refractivity contribution in [2.75, 3.05) is 17.1 Å². The number of hydrogen-bond acceptors (Lipinski definition) is 4. The summed E-state index contributed by atoms with van der Waals surface area (Å²) in [4.78, 5) is 27.9. The molecule has 1 fully saturated rings. The Morgan fingerprint density at radius 2 is 1.78 bits per heavy atom. The van der Waals surface area contributed by atoms with Gasteiger partial charge in [0, 0.05) is 25.6 Å². The fraction of sp³-hybridized carbons (Fsp3) is 0.481. The SMILES string of the molecule is Cc1cccc(CN(C(=O)CCCN(c2ccc(F)cc2)S(C)(=O)=O)C(C)C(=O)NC2CCCC2)c1. The van der Waals surface area contributed by atoms with Crippen LogP contribution in [0.3, 0.4) is 0 Å². The molecule has 0 aliphatic heterocycles. The summed E-state index contributed by atoms with van der Waals surface area (Å²) >= 11 is 0. The molecule has 2 aromatic carbocycles. The largest absolute Gasteiger partial charge is 0.352 e. The van der Waals surface area contributed by atoms with Gasteiger partial charge in [0.2, 0.25) is 21.8 Å². The summed E-state index contributed by atoms with van der Waals surface area (Å²) in [5, 5.41) is 3.08. The van der Waals surface area contributed by atoms with E-state index in [0.717, 1.165) is 43.1 Å². The number of nitrogens with zero attached hydrogens (tertiary/aromatic N) is 2. The van der Waals surface area contributed by atoms with Gasteiger partial charge < -0.3 is 10.2 Å². The molecule has 0 heterocycles. The van der Waals surface area contributed by atoms with Crippen molar-refractivity contribution in [3.8, 4) is 0 Å². The van der Waals surface area contributed by atoms with E-state index in [4.69, 9.17) is 0 Å². The van der Waals surface area contributed by atoms with E-state index in [0.29, 0.717) is 5.69 Å². The van der Waals surface area contributed by atoms with Crippen LogP contribution in [-0.2, 0) is 26.2 Å². The third-order valence-corrected chi connectivity index (χ3v) is 7.77. The molecule has 0 radical (unpaired) electrons. The third kappa shape index (κ3) is 7.78. The van der Waals surface area contributed by atoms with Crippen molar-refractivity contribution >= 4 is 27.5 Å². The van der Waals surface area contributed by atoms with Gasteiger partial charge in [0.05, 0.1) is 11.9 Å². The zero-order chi connectivity index (χ0) is 26.3. The first-order valence-corrected chi connectivity index (χ1v) is 14.3. The number of carbonyl (C=O) groups excluding carboxylic acids is 2. The van der Waals surface area contributed by atoms with Gasteiger partial charge in [0.1, 0.15) is 11.9 Å². The van der Waals surface area contributed by atoms with Crippen LogP contribution in [0.1, 0.15) is 56.6 Å². The smallest absolute Gasteiger partial charge is 0.242 e. The maximum atomic E-state index is 13.4. The van der Waals surface area contributed by atoms with E-state index in [2.05, 4.69) is 5.32 Å². The van der Waals surface area contributed by atoms with Crippen LogP contribution < -0.4 is 9.62 Å². The highest BCUT2D eigenvalue weighted by atomic mass is 32.2. The number of hydrogen-bond donors (Lipinski definition) is 1. The van der Waals surface area contributed by atoms with Gasteiger partial charge >= 0.3 is 0 Å². The summed E-state index contributed by atoms with van der Waals surface area (Å²) in [5.74, 6) is -0.857. The number of anilines is 1. The highest BCUT2D eigenvalue weighted by molar-refractivity contribution is 7.92. The van der Waals surface area contributed by atoms with E-state index in [1.165, 1.54) is 28.6 Å². The van der Waals surface area contributed by atoms with Gasteiger partial charge in [-0.15, -0.1) is 0 Å². The number of nitrogens with one attached hydrogen (secondary N) is 1. The normalized spacial score (nSPS) is 14.9. The number of carbonyl (C=O) groups is 2. The maximum absolute atomic E-state index is 13.4.